The highest BCUT2D eigenvalue weighted by Crippen LogP contribution is 2.38. The van der Waals surface area contributed by atoms with Crippen LogP contribution in [0.1, 0.15) is 33.6 Å². The van der Waals surface area contributed by atoms with Crippen molar-refractivity contribution in [3.8, 4) is 0 Å². The van der Waals surface area contributed by atoms with E-state index in [2.05, 4.69) is 0 Å². The summed E-state index contributed by atoms with van der Waals surface area (Å²) < 4.78 is 10.0. The van der Waals surface area contributed by atoms with E-state index in [4.69, 9.17) is 9.47 Å². The van der Waals surface area contributed by atoms with Gasteiger partial charge < -0.3 is 9.47 Å². The number of hydrogen-bond donors (Lipinski definition) is 0. The van der Waals surface area contributed by atoms with Crippen molar-refractivity contribution >= 4 is 11.9 Å². The quantitative estimate of drug-likeness (QED) is 0.419. The van der Waals surface area contributed by atoms with Gasteiger partial charge in [-0.2, -0.15) is 0 Å². The number of ether oxygens (including phenoxy) is 2. The Hall–Kier alpha value is -1.32. The first-order valence-electron chi connectivity index (χ1n) is 6.08. The highest BCUT2D eigenvalue weighted by molar-refractivity contribution is 6.00. The second kappa shape index (κ2) is 5.84. The molecule has 1 aliphatic rings. The van der Waals surface area contributed by atoms with E-state index in [9.17, 15) is 9.59 Å². The van der Waals surface area contributed by atoms with Crippen LogP contribution >= 0.6 is 0 Å². The lowest BCUT2D eigenvalue weighted by Gasteiger charge is -2.29. The molecule has 0 aromatic rings. The molecule has 0 N–H and O–H groups in total. The molecule has 1 atom stereocenters. The van der Waals surface area contributed by atoms with Crippen LogP contribution in [0, 0.1) is 11.3 Å². The van der Waals surface area contributed by atoms with Crippen molar-refractivity contribution < 1.29 is 19.1 Å². The molecule has 0 saturated heterocycles. The molecule has 0 bridgehead atoms. The third kappa shape index (κ3) is 2.68. The number of carbonyl (C=O) groups is 2. The monoisotopic (exact) mass is 240 g/mol. The van der Waals surface area contributed by atoms with Gasteiger partial charge in [0.15, 0.2) is 5.41 Å². The van der Waals surface area contributed by atoms with Crippen LogP contribution in [0.2, 0.25) is 0 Å². The van der Waals surface area contributed by atoms with Gasteiger partial charge in [0.25, 0.3) is 0 Å². The smallest absolute Gasteiger partial charge is 0.323 e. The molecule has 1 rings (SSSR count). The topological polar surface area (TPSA) is 52.6 Å². The maximum absolute atomic E-state index is 12.0. The zero-order valence-corrected chi connectivity index (χ0v) is 10.7. The number of rotatable bonds is 5. The number of carbonyl (C=O) groups excluding carboxylic acids is 2. The van der Waals surface area contributed by atoms with Crippen LogP contribution in [0.5, 0.6) is 0 Å². The highest BCUT2D eigenvalue weighted by Gasteiger charge is 2.50. The molecule has 1 unspecified atom stereocenters. The van der Waals surface area contributed by atoms with Crippen molar-refractivity contribution in [3.05, 3.63) is 12.2 Å². The van der Waals surface area contributed by atoms with Crippen LogP contribution in [0.25, 0.3) is 0 Å². The third-order valence-corrected chi connectivity index (χ3v) is 3.15. The predicted octanol–water partition coefficient (Wildman–Crippen LogP) is 2.09. The minimum absolute atomic E-state index is 0.124. The normalized spacial score (nSPS) is 19.1. The molecule has 4 nitrogen and oxygen atoms in total. The van der Waals surface area contributed by atoms with E-state index in [0.717, 1.165) is 12.8 Å². The predicted molar refractivity (Wildman–Crippen MR) is 63.2 cm³/mol. The van der Waals surface area contributed by atoms with Crippen LogP contribution in [0.4, 0.5) is 0 Å². The van der Waals surface area contributed by atoms with Gasteiger partial charge >= 0.3 is 11.9 Å². The summed E-state index contributed by atoms with van der Waals surface area (Å²) in [6.45, 7) is 5.61. The molecule has 0 spiro atoms. The molecule has 0 radical (unpaired) electrons. The largest absolute Gasteiger partial charge is 0.465 e. The zero-order chi connectivity index (χ0) is 12.9. The van der Waals surface area contributed by atoms with E-state index in [1.807, 2.05) is 12.2 Å². The lowest BCUT2D eigenvalue weighted by Crippen LogP contribution is -2.44. The summed E-state index contributed by atoms with van der Waals surface area (Å²) in [5, 5.41) is 0. The molecule has 0 fully saturated rings. The van der Waals surface area contributed by atoms with E-state index in [0.29, 0.717) is 0 Å². The fourth-order valence-corrected chi connectivity index (χ4v) is 2.06. The Kier molecular flexibility index (Phi) is 4.73. The van der Waals surface area contributed by atoms with Crippen molar-refractivity contribution in [1.29, 1.82) is 0 Å². The van der Waals surface area contributed by atoms with Gasteiger partial charge in [0.2, 0.25) is 0 Å². The Morgan fingerprint density at radius 1 is 1.24 bits per heavy atom. The molecular formula is C13H20O4. The summed E-state index contributed by atoms with van der Waals surface area (Å²) in [6.07, 6.45) is 5.57. The standard InChI is InChI=1S/C13H20O4/c1-4-16-11(14)13(3,12(15)17-5-2)10-8-6-7-9-10/h6,8,10H,4-5,7,9H2,1-3H3. The lowest BCUT2D eigenvalue weighted by atomic mass is 9.76. The molecule has 0 amide bonds. The second-order valence-corrected chi connectivity index (χ2v) is 4.26. The minimum Gasteiger partial charge on any atom is -0.465 e. The Morgan fingerprint density at radius 2 is 1.76 bits per heavy atom. The Bertz CT molecular complexity index is 301. The zero-order valence-electron chi connectivity index (χ0n) is 10.7. The molecule has 4 heteroatoms. The molecule has 0 aliphatic heterocycles. The molecule has 17 heavy (non-hydrogen) atoms. The van der Waals surface area contributed by atoms with Gasteiger partial charge in [-0.05, 0) is 33.6 Å². The van der Waals surface area contributed by atoms with Gasteiger partial charge in [0, 0.05) is 5.92 Å². The molecule has 1 aliphatic carbocycles. The van der Waals surface area contributed by atoms with Crippen LogP contribution < -0.4 is 0 Å². The summed E-state index contributed by atoms with van der Waals surface area (Å²) >= 11 is 0. The summed E-state index contributed by atoms with van der Waals surface area (Å²) in [5.74, 6) is -1.11. The first kappa shape index (κ1) is 13.7. The van der Waals surface area contributed by atoms with Crippen molar-refractivity contribution in [2.75, 3.05) is 13.2 Å². The Labute approximate surface area is 102 Å². The van der Waals surface area contributed by atoms with Crippen LogP contribution in [0.3, 0.4) is 0 Å². The maximum atomic E-state index is 12.0. The van der Waals surface area contributed by atoms with Gasteiger partial charge in [-0.15, -0.1) is 0 Å². The average Bonchev–Trinajstić information content (AvgIpc) is 2.82. The van der Waals surface area contributed by atoms with Gasteiger partial charge in [-0.1, -0.05) is 12.2 Å². The van der Waals surface area contributed by atoms with Crippen molar-refractivity contribution in [2.24, 2.45) is 11.3 Å². The minimum atomic E-state index is -1.21. The van der Waals surface area contributed by atoms with Gasteiger partial charge in [0.05, 0.1) is 13.2 Å². The Balaban J connectivity index is 2.94. The fraction of sp³-hybridized carbons (Fsp3) is 0.692. The van der Waals surface area contributed by atoms with Gasteiger partial charge in [0.1, 0.15) is 0 Å². The molecule has 0 aromatic heterocycles. The molecule has 0 aromatic carbocycles. The average molecular weight is 240 g/mol. The molecule has 0 heterocycles. The van der Waals surface area contributed by atoms with Gasteiger partial charge in [-0.3, -0.25) is 9.59 Å². The summed E-state index contributed by atoms with van der Waals surface area (Å²) in [7, 11) is 0. The number of allylic oxidation sites excluding steroid dienone is 2. The lowest BCUT2D eigenvalue weighted by molar-refractivity contribution is -0.173. The molecule has 96 valence electrons. The molecular weight excluding hydrogens is 220 g/mol. The highest BCUT2D eigenvalue weighted by atomic mass is 16.6. The summed E-state index contributed by atoms with van der Waals surface area (Å²) in [5.41, 5.74) is -1.21. The van der Waals surface area contributed by atoms with Crippen LogP contribution in [-0.4, -0.2) is 25.2 Å². The van der Waals surface area contributed by atoms with E-state index in [1.165, 1.54) is 0 Å². The second-order valence-electron chi connectivity index (χ2n) is 4.26. The Morgan fingerprint density at radius 3 is 2.12 bits per heavy atom. The van der Waals surface area contributed by atoms with Crippen molar-refractivity contribution in [2.45, 2.75) is 33.6 Å². The maximum Gasteiger partial charge on any atom is 0.323 e. The summed E-state index contributed by atoms with van der Waals surface area (Å²) in [6, 6.07) is 0. The first-order valence-corrected chi connectivity index (χ1v) is 6.08. The van der Waals surface area contributed by atoms with E-state index >= 15 is 0 Å². The fourth-order valence-electron chi connectivity index (χ4n) is 2.06. The van der Waals surface area contributed by atoms with E-state index < -0.39 is 17.4 Å². The SMILES string of the molecule is CCOC(=O)C(C)(C(=O)OCC)C1C=CCC1. The third-order valence-electron chi connectivity index (χ3n) is 3.15. The summed E-state index contributed by atoms with van der Waals surface area (Å²) in [4.78, 5) is 24.0. The van der Waals surface area contributed by atoms with E-state index in [1.54, 1.807) is 20.8 Å². The van der Waals surface area contributed by atoms with Crippen molar-refractivity contribution in [3.63, 3.8) is 0 Å². The van der Waals surface area contributed by atoms with Gasteiger partial charge in [-0.25, -0.2) is 0 Å². The first-order chi connectivity index (χ1) is 8.07. The number of esters is 2. The van der Waals surface area contributed by atoms with Crippen LogP contribution in [-0.2, 0) is 19.1 Å². The molecule has 0 saturated carbocycles. The van der Waals surface area contributed by atoms with E-state index in [-0.39, 0.29) is 19.1 Å². The van der Waals surface area contributed by atoms with Crippen LogP contribution in [0.15, 0.2) is 12.2 Å². The number of hydrogen-bond acceptors (Lipinski definition) is 4. The van der Waals surface area contributed by atoms with Crippen molar-refractivity contribution in [1.82, 2.24) is 0 Å².